The van der Waals surface area contributed by atoms with Crippen molar-refractivity contribution in [2.45, 2.75) is 31.3 Å². The fourth-order valence-electron chi connectivity index (χ4n) is 4.48. The Morgan fingerprint density at radius 3 is 2.33 bits per heavy atom. The van der Waals surface area contributed by atoms with Gasteiger partial charge in [0.15, 0.2) is 0 Å². The highest BCUT2D eigenvalue weighted by atomic mass is 15.2. The second kappa shape index (κ2) is 6.23. The van der Waals surface area contributed by atoms with Gasteiger partial charge in [-0.25, -0.2) is 0 Å². The number of para-hydroxylation sites is 1. The molecule has 2 aromatic carbocycles. The van der Waals surface area contributed by atoms with Crippen LogP contribution in [0.3, 0.4) is 0 Å². The molecule has 0 atom stereocenters. The summed E-state index contributed by atoms with van der Waals surface area (Å²) < 4.78 is 0. The summed E-state index contributed by atoms with van der Waals surface area (Å²) in [6, 6.07) is 17.7. The fraction of sp³-hybridized carbons (Fsp3) is 0.429. The van der Waals surface area contributed by atoms with Gasteiger partial charge < -0.3 is 10.6 Å². The third kappa shape index (κ3) is 2.72. The molecule has 1 fully saturated rings. The number of fused-ring (bicyclic) bond motifs is 2. The minimum atomic E-state index is 0.366. The maximum Gasteiger partial charge on any atom is 0.0402 e. The molecule has 2 heterocycles. The molecule has 2 N–H and O–H groups in total. The average Bonchev–Trinajstić information content (AvgIpc) is 2.90. The zero-order chi connectivity index (χ0) is 16.6. The third-order valence-corrected chi connectivity index (χ3v) is 5.90. The van der Waals surface area contributed by atoms with Gasteiger partial charge in [0.2, 0.25) is 0 Å². The lowest BCUT2D eigenvalue weighted by molar-refractivity contribution is 0.160. The Hall–Kier alpha value is -1.84. The molecule has 3 heteroatoms. The highest BCUT2D eigenvalue weighted by Gasteiger charge is 2.43. The van der Waals surface area contributed by atoms with E-state index in [4.69, 9.17) is 5.73 Å². The SMILES string of the molecule is CN1CC2(CCN(Cc3ccc(CN)cc3)CC2)c2ccccc21. The van der Waals surface area contributed by atoms with Crippen molar-refractivity contribution in [1.82, 2.24) is 4.90 Å². The molecule has 0 amide bonds. The molecule has 4 rings (SSSR count). The van der Waals surface area contributed by atoms with Crippen LogP contribution in [0, 0.1) is 0 Å². The molecule has 3 nitrogen and oxygen atoms in total. The molecule has 0 saturated carbocycles. The van der Waals surface area contributed by atoms with E-state index in [0.29, 0.717) is 12.0 Å². The topological polar surface area (TPSA) is 32.5 Å². The van der Waals surface area contributed by atoms with Gasteiger partial charge in [-0.15, -0.1) is 0 Å². The summed E-state index contributed by atoms with van der Waals surface area (Å²) in [7, 11) is 2.24. The second-order valence-electron chi connectivity index (χ2n) is 7.45. The van der Waals surface area contributed by atoms with E-state index < -0.39 is 0 Å². The van der Waals surface area contributed by atoms with Crippen molar-refractivity contribution >= 4 is 5.69 Å². The van der Waals surface area contributed by atoms with Crippen LogP contribution in [0.4, 0.5) is 5.69 Å². The van der Waals surface area contributed by atoms with E-state index >= 15 is 0 Å². The Kier molecular flexibility index (Phi) is 4.07. The third-order valence-electron chi connectivity index (χ3n) is 5.90. The largest absolute Gasteiger partial charge is 0.373 e. The quantitative estimate of drug-likeness (QED) is 0.943. The number of piperidine rings is 1. The van der Waals surface area contributed by atoms with Crippen molar-refractivity contribution in [3.63, 3.8) is 0 Å². The second-order valence-corrected chi connectivity index (χ2v) is 7.45. The first-order valence-electron chi connectivity index (χ1n) is 9.01. The normalized spacial score (nSPS) is 19.7. The van der Waals surface area contributed by atoms with Crippen LogP contribution in [0.2, 0.25) is 0 Å². The van der Waals surface area contributed by atoms with Gasteiger partial charge in [0.25, 0.3) is 0 Å². The van der Waals surface area contributed by atoms with Gasteiger partial charge in [-0.1, -0.05) is 42.5 Å². The fourth-order valence-corrected chi connectivity index (χ4v) is 4.48. The van der Waals surface area contributed by atoms with Crippen LogP contribution in [-0.4, -0.2) is 31.6 Å². The van der Waals surface area contributed by atoms with E-state index in [1.165, 1.54) is 49.3 Å². The van der Waals surface area contributed by atoms with E-state index in [1.807, 2.05) is 0 Å². The van der Waals surface area contributed by atoms with Crippen molar-refractivity contribution in [3.05, 3.63) is 65.2 Å². The number of benzene rings is 2. The number of likely N-dealkylation sites (tertiary alicyclic amines) is 1. The first-order valence-corrected chi connectivity index (χ1v) is 9.01. The predicted molar refractivity (Wildman–Crippen MR) is 100 cm³/mol. The molecular formula is C21H27N3. The Bertz CT molecular complexity index is 699. The number of nitrogens with zero attached hydrogens (tertiary/aromatic N) is 2. The van der Waals surface area contributed by atoms with E-state index in [1.54, 1.807) is 5.56 Å². The average molecular weight is 321 g/mol. The Morgan fingerprint density at radius 2 is 1.62 bits per heavy atom. The van der Waals surface area contributed by atoms with Crippen molar-refractivity contribution in [3.8, 4) is 0 Å². The number of hydrogen-bond donors (Lipinski definition) is 1. The van der Waals surface area contributed by atoms with Gasteiger partial charge in [-0.05, 0) is 48.7 Å². The predicted octanol–water partition coefficient (Wildman–Crippen LogP) is 3.13. The van der Waals surface area contributed by atoms with Crippen LogP contribution in [0.5, 0.6) is 0 Å². The van der Waals surface area contributed by atoms with Gasteiger partial charge >= 0.3 is 0 Å². The maximum atomic E-state index is 5.69. The molecular weight excluding hydrogens is 294 g/mol. The Labute approximate surface area is 145 Å². The molecule has 1 spiro atoms. The number of rotatable bonds is 3. The number of hydrogen-bond acceptors (Lipinski definition) is 3. The number of nitrogens with two attached hydrogens (primary N) is 1. The maximum absolute atomic E-state index is 5.69. The molecule has 24 heavy (non-hydrogen) atoms. The van der Waals surface area contributed by atoms with Crippen molar-refractivity contribution in [2.75, 3.05) is 31.6 Å². The standard InChI is InChI=1S/C21H27N3/c1-23-16-21(19-4-2-3-5-20(19)23)10-12-24(13-11-21)15-18-8-6-17(14-22)7-9-18/h2-9H,10-16,22H2,1H3. The molecule has 126 valence electrons. The molecule has 0 unspecified atom stereocenters. The van der Waals surface area contributed by atoms with Crippen molar-refractivity contribution < 1.29 is 0 Å². The zero-order valence-corrected chi connectivity index (χ0v) is 14.5. The Morgan fingerprint density at radius 1 is 0.958 bits per heavy atom. The van der Waals surface area contributed by atoms with Gasteiger partial charge in [-0.2, -0.15) is 0 Å². The molecule has 0 aliphatic carbocycles. The van der Waals surface area contributed by atoms with Crippen LogP contribution in [0.1, 0.15) is 29.5 Å². The molecule has 0 radical (unpaired) electrons. The lowest BCUT2D eigenvalue weighted by Crippen LogP contribution is -2.44. The lowest BCUT2D eigenvalue weighted by atomic mass is 9.74. The minimum absolute atomic E-state index is 0.366. The summed E-state index contributed by atoms with van der Waals surface area (Å²) in [5.74, 6) is 0. The highest BCUT2D eigenvalue weighted by Crippen LogP contribution is 2.46. The first kappa shape index (κ1) is 15.7. The van der Waals surface area contributed by atoms with Crippen molar-refractivity contribution in [1.29, 1.82) is 0 Å². The summed E-state index contributed by atoms with van der Waals surface area (Å²) in [4.78, 5) is 5.04. The van der Waals surface area contributed by atoms with Crippen LogP contribution in [-0.2, 0) is 18.5 Å². The number of anilines is 1. The van der Waals surface area contributed by atoms with Crippen LogP contribution < -0.4 is 10.6 Å². The van der Waals surface area contributed by atoms with Gasteiger partial charge in [0.05, 0.1) is 0 Å². The monoisotopic (exact) mass is 321 g/mol. The smallest absolute Gasteiger partial charge is 0.0402 e. The van der Waals surface area contributed by atoms with Gasteiger partial charge in [-0.3, -0.25) is 4.90 Å². The molecule has 1 saturated heterocycles. The minimum Gasteiger partial charge on any atom is -0.373 e. The summed E-state index contributed by atoms with van der Waals surface area (Å²) >= 11 is 0. The molecule has 2 aromatic rings. The van der Waals surface area contributed by atoms with Crippen LogP contribution >= 0.6 is 0 Å². The molecule has 2 aliphatic rings. The highest BCUT2D eigenvalue weighted by molar-refractivity contribution is 5.62. The molecule has 0 bridgehead atoms. The first-order chi connectivity index (χ1) is 11.7. The van der Waals surface area contributed by atoms with Crippen LogP contribution in [0.25, 0.3) is 0 Å². The summed E-state index contributed by atoms with van der Waals surface area (Å²) in [5, 5.41) is 0. The summed E-state index contributed by atoms with van der Waals surface area (Å²) in [5.41, 5.74) is 11.7. The Balaban J connectivity index is 1.44. The molecule has 0 aromatic heterocycles. The van der Waals surface area contributed by atoms with E-state index in [9.17, 15) is 0 Å². The van der Waals surface area contributed by atoms with Gasteiger partial charge in [0.1, 0.15) is 0 Å². The summed E-state index contributed by atoms with van der Waals surface area (Å²) in [6.07, 6.45) is 2.52. The van der Waals surface area contributed by atoms with Crippen LogP contribution in [0.15, 0.2) is 48.5 Å². The van der Waals surface area contributed by atoms with E-state index in [-0.39, 0.29) is 0 Å². The summed E-state index contributed by atoms with van der Waals surface area (Å²) in [6.45, 7) is 5.21. The van der Waals surface area contributed by atoms with E-state index in [0.717, 1.165) is 6.54 Å². The van der Waals surface area contributed by atoms with Gasteiger partial charge in [0, 0.05) is 37.8 Å². The lowest BCUT2D eigenvalue weighted by Gasteiger charge is -2.40. The number of likely N-dealkylation sites (N-methyl/N-ethyl adjacent to an activating group) is 1. The molecule has 2 aliphatic heterocycles. The van der Waals surface area contributed by atoms with Crippen molar-refractivity contribution in [2.24, 2.45) is 5.73 Å². The van der Waals surface area contributed by atoms with E-state index in [2.05, 4.69) is 65.4 Å². The zero-order valence-electron chi connectivity index (χ0n) is 14.5.